The number of carbonyl (C=O) groups excluding carboxylic acids is 1. The van der Waals surface area contributed by atoms with Gasteiger partial charge < -0.3 is 10.2 Å². The van der Waals surface area contributed by atoms with Gasteiger partial charge in [-0.3, -0.25) is 4.79 Å². The maximum atomic E-state index is 12.3. The lowest BCUT2D eigenvalue weighted by Gasteiger charge is -2.29. The molecule has 1 aliphatic heterocycles. The third kappa shape index (κ3) is 3.35. The average molecular weight is 283 g/mol. The van der Waals surface area contributed by atoms with Crippen LogP contribution in [0, 0.1) is 6.92 Å². The van der Waals surface area contributed by atoms with Gasteiger partial charge in [0.2, 0.25) is 5.91 Å². The van der Waals surface area contributed by atoms with Crippen molar-refractivity contribution >= 4 is 23.3 Å². The van der Waals surface area contributed by atoms with Gasteiger partial charge in [0.05, 0.1) is 0 Å². The van der Waals surface area contributed by atoms with E-state index in [2.05, 4.69) is 15.3 Å². The number of likely N-dealkylation sites (tertiary alicyclic amines) is 1. The molecule has 1 saturated heterocycles. The molecule has 104 valence electrons. The van der Waals surface area contributed by atoms with E-state index in [4.69, 9.17) is 11.6 Å². The zero-order chi connectivity index (χ0) is 13.8. The Balaban J connectivity index is 2.01. The second-order valence-corrected chi connectivity index (χ2v) is 5.25. The number of nitrogens with one attached hydrogen (secondary N) is 1. The minimum atomic E-state index is -0.303. The molecule has 1 aliphatic rings. The maximum Gasteiger partial charge on any atom is 0.244 e. The van der Waals surface area contributed by atoms with Gasteiger partial charge in [-0.2, -0.15) is 0 Å². The maximum absolute atomic E-state index is 12.3. The summed E-state index contributed by atoms with van der Waals surface area (Å²) in [5.74, 6) is 0.742. The molecule has 1 fully saturated rings. The summed E-state index contributed by atoms with van der Waals surface area (Å²) in [7, 11) is 0. The number of hydrogen-bond donors (Lipinski definition) is 1. The van der Waals surface area contributed by atoms with E-state index in [9.17, 15) is 4.79 Å². The molecule has 1 aromatic heterocycles. The van der Waals surface area contributed by atoms with E-state index in [1.165, 1.54) is 12.7 Å². The van der Waals surface area contributed by atoms with Crippen molar-refractivity contribution in [2.75, 3.05) is 18.4 Å². The number of rotatable bonds is 3. The van der Waals surface area contributed by atoms with Gasteiger partial charge in [-0.15, -0.1) is 0 Å². The van der Waals surface area contributed by atoms with E-state index in [1.54, 1.807) is 0 Å². The van der Waals surface area contributed by atoms with E-state index >= 15 is 0 Å². The van der Waals surface area contributed by atoms with Crippen LogP contribution in [0.4, 0.5) is 5.82 Å². The van der Waals surface area contributed by atoms with Crippen LogP contribution in [0.15, 0.2) is 6.33 Å². The number of halogens is 1. The first kappa shape index (κ1) is 14.1. The SMILES string of the molecule is Cc1c(Cl)ncnc1NC(C)C(=O)N1CCCCC1. The first-order chi connectivity index (χ1) is 9.09. The van der Waals surface area contributed by atoms with Crippen molar-refractivity contribution in [2.24, 2.45) is 0 Å². The van der Waals surface area contributed by atoms with Crippen LogP contribution in [0.3, 0.4) is 0 Å². The van der Waals surface area contributed by atoms with E-state index in [0.29, 0.717) is 11.0 Å². The lowest BCUT2D eigenvalue weighted by atomic mass is 10.1. The summed E-state index contributed by atoms with van der Waals surface area (Å²) in [6.45, 7) is 5.40. The molecule has 1 N–H and O–H groups in total. The number of nitrogens with zero attached hydrogens (tertiary/aromatic N) is 3. The van der Waals surface area contributed by atoms with Crippen LogP contribution in [0.2, 0.25) is 5.15 Å². The van der Waals surface area contributed by atoms with Crippen molar-refractivity contribution in [3.05, 3.63) is 17.0 Å². The molecule has 1 amide bonds. The smallest absolute Gasteiger partial charge is 0.244 e. The number of anilines is 1. The molecule has 0 saturated carbocycles. The number of aromatic nitrogens is 2. The minimum absolute atomic E-state index is 0.119. The molecule has 19 heavy (non-hydrogen) atoms. The van der Waals surface area contributed by atoms with Crippen molar-refractivity contribution in [1.82, 2.24) is 14.9 Å². The highest BCUT2D eigenvalue weighted by molar-refractivity contribution is 6.30. The van der Waals surface area contributed by atoms with Gasteiger partial charge in [-0.05, 0) is 33.1 Å². The molecule has 0 bridgehead atoms. The minimum Gasteiger partial charge on any atom is -0.358 e. The lowest BCUT2D eigenvalue weighted by molar-refractivity contribution is -0.132. The molecule has 0 radical (unpaired) electrons. The van der Waals surface area contributed by atoms with E-state index < -0.39 is 0 Å². The first-order valence-corrected chi connectivity index (χ1v) is 7.00. The summed E-state index contributed by atoms with van der Waals surface area (Å²) in [6.07, 6.45) is 4.80. The quantitative estimate of drug-likeness (QED) is 0.864. The highest BCUT2D eigenvalue weighted by atomic mass is 35.5. The van der Waals surface area contributed by atoms with Crippen molar-refractivity contribution < 1.29 is 4.79 Å². The van der Waals surface area contributed by atoms with E-state index in [-0.39, 0.29) is 11.9 Å². The number of amides is 1. The summed E-state index contributed by atoms with van der Waals surface area (Å²) in [4.78, 5) is 22.2. The van der Waals surface area contributed by atoms with Crippen molar-refractivity contribution in [1.29, 1.82) is 0 Å². The molecule has 0 aromatic carbocycles. The van der Waals surface area contributed by atoms with E-state index in [0.717, 1.165) is 31.5 Å². The standard InChI is InChI=1S/C13H19ClN4O/c1-9-11(14)15-8-16-12(9)17-10(2)13(19)18-6-4-3-5-7-18/h8,10H,3-7H2,1-2H3,(H,15,16,17). The third-order valence-electron chi connectivity index (χ3n) is 3.41. The van der Waals surface area contributed by atoms with Crippen LogP contribution in [0.1, 0.15) is 31.7 Å². The van der Waals surface area contributed by atoms with Gasteiger partial charge in [0.25, 0.3) is 0 Å². The van der Waals surface area contributed by atoms with Crippen LogP contribution in [-0.4, -0.2) is 39.9 Å². The summed E-state index contributed by atoms with van der Waals surface area (Å²) in [5, 5.41) is 3.53. The van der Waals surface area contributed by atoms with Gasteiger partial charge in [-0.1, -0.05) is 11.6 Å². The monoisotopic (exact) mass is 282 g/mol. The highest BCUT2D eigenvalue weighted by Crippen LogP contribution is 2.19. The lowest BCUT2D eigenvalue weighted by Crippen LogP contribution is -2.44. The normalized spacial score (nSPS) is 17.1. The third-order valence-corrected chi connectivity index (χ3v) is 3.80. The Morgan fingerprint density at radius 3 is 2.74 bits per heavy atom. The fraction of sp³-hybridized carbons (Fsp3) is 0.615. The Kier molecular flexibility index (Phi) is 4.58. The van der Waals surface area contributed by atoms with Gasteiger partial charge in [0.1, 0.15) is 23.3 Å². The van der Waals surface area contributed by atoms with E-state index in [1.807, 2.05) is 18.7 Å². The predicted molar refractivity (Wildman–Crippen MR) is 75.3 cm³/mol. The largest absolute Gasteiger partial charge is 0.358 e. The Morgan fingerprint density at radius 1 is 1.37 bits per heavy atom. The topological polar surface area (TPSA) is 58.1 Å². The Labute approximate surface area is 118 Å². The first-order valence-electron chi connectivity index (χ1n) is 6.62. The Hall–Kier alpha value is -1.36. The van der Waals surface area contributed by atoms with Crippen LogP contribution in [0.5, 0.6) is 0 Å². The van der Waals surface area contributed by atoms with Crippen LogP contribution < -0.4 is 5.32 Å². The summed E-state index contributed by atoms with van der Waals surface area (Å²) < 4.78 is 0. The zero-order valence-corrected chi connectivity index (χ0v) is 12.1. The Bertz CT molecular complexity index is 460. The average Bonchev–Trinajstić information content (AvgIpc) is 2.44. The zero-order valence-electron chi connectivity index (χ0n) is 11.3. The molecule has 0 spiro atoms. The molecule has 0 aliphatic carbocycles. The number of hydrogen-bond acceptors (Lipinski definition) is 4. The fourth-order valence-electron chi connectivity index (χ4n) is 2.23. The van der Waals surface area contributed by atoms with Crippen LogP contribution in [0.25, 0.3) is 0 Å². The van der Waals surface area contributed by atoms with Gasteiger partial charge >= 0.3 is 0 Å². The van der Waals surface area contributed by atoms with Crippen LogP contribution in [-0.2, 0) is 4.79 Å². The second-order valence-electron chi connectivity index (χ2n) is 4.89. The molecular weight excluding hydrogens is 264 g/mol. The van der Waals surface area contributed by atoms with Gasteiger partial charge in [0.15, 0.2) is 0 Å². The predicted octanol–water partition coefficient (Wildman–Crippen LogP) is 2.25. The molecule has 1 atom stereocenters. The Morgan fingerprint density at radius 2 is 2.05 bits per heavy atom. The van der Waals surface area contributed by atoms with Crippen molar-refractivity contribution in [3.63, 3.8) is 0 Å². The highest BCUT2D eigenvalue weighted by Gasteiger charge is 2.22. The van der Waals surface area contributed by atoms with Gasteiger partial charge in [-0.25, -0.2) is 9.97 Å². The van der Waals surface area contributed by atoms with Gasteiger partial charge in [0, 0.05) is 18.7 Å². The molecule has 5 nitrogen and oxygen atoms in total. The van der Waals surface area contributed by atoms with Crippen LogP contribution >= 0.6 is 11.6 Å². The summed E-state index contributed by atoms with van der Waals surface area (Å²) in [5.41, 5.74) is 0.766. The molecule has 1 aromatic rings. The van der Waals surface area contributed by atoms with Crippen molar-refractivity contribution in [2.45, 2.75) is 39.2 Å². The van der Waals surface area contributed by atoms with Crippen molar-refractivity contribution in [3.8, 4) is 0 Å². The molecule has 1 unspecified atom stereocenters. The number of piperidine rings is 1. The molecule has 2 heterocycles. The molecular formula is C13H19ClN4O. The molecule has 6 heteroatoms. The summed E-state index contributed by atoms with van der Waals surface area (Å²) >= 11 is 5.94. The fourth-order valence-corrected chi connectivity index (χ4v) is 2.36. The summed E-state index contributed by atoms with van der Waals surface area (Å²) in [6, 6.07) is -0.303. The number of carbonyl (C=O) groups is 1. The second kappa shape index (κ2) is 6.19. The molecule has 2 rings (SSSR count).